The zero-order valence-corrected chi connectivity index (χ0v) is 17.8. The average molecular weight is 435 g/mol. The van der Waals surface area contributed by atoms with Crippen molar-refractivity contribution in [3.05, 3.63) is 63.6 Å². The summed E-state index contributed by atoms with van der Waals surface area (Å²) in [6.45, 7) is 3.26. The number of carbonyl (C=O) groups is 2. The maximum absolute atomic E-state index is 12.5. The van der Waals surface area contributed by atoms with E-state index in [4.69, 9.17) is 27.9 Å². The zero-order valence-electron chi connectivity index (χ0n) is 16.3. The Morgan fingerprint density at radius 2 is 1.83 bits per heavy atom. The minimum atomic E-state index is -0.187. The summed E-state index contributed by atoms with van der Waals surface area (Å²) in [6, 6.07) is 12.6. The summed E-state index contributed by atoms with van der Waals surface area (Å²) < 4.78 is 5.73. The number of likely N-dealkylation sites (tertiary alicyclic amines) is 1. The van der Waals surface area contributed by atoms with Crippen LogP contribution in [-0.2, 0) is 11.2 Å². The number of amides is 2. The van der Waals surface area contributed by atoms with E-state index >= 15 is 0 Å². The zero-order chi connectivity index (χ0) is 20.8. The van der Waals surface area contributed by atoms with Gasteiger partial charge in [-0.3, -0.25) is 9.59 Å². The Kier molecular flexibility index (Phi) is 7.40. The van der Waals surface area contributed by atoms with Crippen LogP contribution < -0.4 is 10.1 Å². The molecule has 0 bridgehead atoms. The van der Waals surface area contributed by atoms with Gasteiger partial charge in [0.15, 0.2) is 6.61 Å². The van der Waals surface area contributed by atoms with Crippen molar-refractivity contribution in [2.75, 3.05) is 19.7 Å². The molecular weight excluding hydrogens is 411 g/mol. The molecule has 2 aromatic carbocycles. The van der Waals surface area contributed by atoms with Crippen LogP contribution in [0, 0.1) is 0 Å². The van der Waals surface area contributed by atoms with Gasteiger partial charge in [-0.25, -0.2) is 0 Å². The van der Waals surface area contributed by atoms with Crippen LogP contribution in [0.15, 0.2) is 42.5 Å². The van der Waals surface area contributed by atoms with Gasteiger partial charge in [0.1, 0.15) is 5.75 Å². The second-order valence-corrected chi connectivity index (χ2v) is 7.82. The lowest BCUT2D eigenvalue weighted by Crippen LogP contribution is -2.47. The van der Waals surface area contributed by atoms with Crippen molar-refractivity contribution in [1.29, 1.82) is 0 Å². The van der Waals surface area contributed by atoms with Crippen molar-refractivity contribution in [2.45, 2.75) is 32.2 Å². The van der Waals surface area contributed by atoms with Gasteiger partial charge in [-0.15, -0.1) is 0 Å². The molecule has 154 valence electrons. The molecule has 7 heteroatoms. The minimum Gasteiger partial charge on any atom is -0.483 e. The van der Waals surface area contributed by atoms with Crippen LogP contribution in [0.2, 0.25) is 10.0 Å². The first-order valence-electron chi connectivity index (χ1n) is 9.72. The lowest BCUT2D eigenvalue weighted by molar-refractivity contribution is -0.134. The van der Waals surface area contributed by atoms with Crippen LogP contribution in [-0.4, -0.2) is 42.5 Å². The number of para-hydroxylation sites is 1. The summed E-state index contributed by atoms with van der Waals surface area (Å²) in [5, 5.41) is 3.77. The smallest absolute Gasteiger partial charge is 0.260 e. The van der Waals surface area contributed by atoms with Gasteiger partial charge >= 0.3 is 0 Å². The van der Waals surface area contributed by atoms with Gasteiger partial charge in [0.25, 0.3) is 11.8 Å². The molecule has 2 amide bonds. The molecule has 1 saturated heterocycles. The number of carbonyl (C=O) groups excluding carboxylic acids is 2. The summed E-state index contributed by atoms with van der Waals surface area (Å²) in [6.07, 6.45) is 2.25. The molecule has 5 nitrogen and oxygen atoms in total. The summed E-state index contributed by atoms with van der Waals surface area (Å²) in [5.74, 6) is 0.533. The molecule has 3 rings (SSSR count). The van der Waals surface area contributed by atoms with Crippen LogP contribution in [0.1, 0.15) is 35.7 Å². The van der Waals surface area contributed by atoms with E-state index < -0.39 is 0 Å². The number of hydrogen-bond acceptors (Lipinski definition) is 3. The van der Waals surface area contributed by atoms with Crippen molar-refractivity contribution in [2.24, 2.45) is 0 Å². The molecule has 0 aliphatic carbocycles. The van der Waals surface area contributed by atoms with E-state index in [-0.39, 0.29) is 24.5 Å². The summed E-state index contributed by atoms with van der Waals surface area (Å²) >= 11 is 11.9. The second kappa shape index (κ2) is 9.99. The first-order valence-corrected chi connectivity index (χ1v) is 10.5. The van der Waals surface area contributed by atoms with E-state index in [1.54, 1.807) is 23.1 Å². The number of aryl methyl sites for hydroxylation is 1. The number of halogens is 2. The van der Waals surface area contributed by atoms with Crippen molar-refractivity contribution >= 4 is 35.0 Å². The van der Waals surface area contributed by atoms with Crippen LogP contribution in [0.4, 0.5) is 0 Å². The van der Waals surface area contributed by atoms with Crippen LogP contribution in [0.3, 0.4) is 0 Å². The molecule has 0 spiro atoms. The maximum atomic E-state index is 12.5. The first-order chi connectivity index (χ1) is 14.0. The Morgan fingerprint density at radius 3 is 2.52 bits per heavy atom. The highest BCUT2D eigenvalue weighted by Gasteiger charge is 2.24. The van der Waals surface area contributed by atoms with E-state index in [2.05, 4.69) is 12.2 Å². The Bertz CT molecular complexity index is 880. The van der Waals surface area contributed by atoms with Gasteiger partial charge < -0.3 is 15.0 Å². The van der Waals surface area contributed by atoms with Crippen molar-refractivity contribution < 1.29 is 14.3 Å². The lowest BCUT2D eigenvalue weighted by Gasteiger charge is -2.32. The molecule has 0 radical (unpaired) electrons. The van der Waals surface area contributed by atoms with Crippen LogP contribution in [0.25, 0.3) is 0 Å². The van der Waals surface area contributed by atoms with Gasteiger partial charge in [-0.05, 0) is 49.1 Å². The Labute approximate surface area is 180 Å². The van der Waals surface area contributed by atoms with Crippen molar-refractivity contribution in [3.8, 4) is 5.75 Å². The van der Waals surface area contributed by atoms with Crippen LogP contribution >= 0.6 is 23.2 Å². The Morgan fingerprint density at radius 1 is 1.10 bits per heavy atom. The molecule has 0 unspecified atom stereocenters. The average Bonchev–Trinajstić information content (AvgIpc) is 2.74. The second-order valence-electron chi connectivity index (χ2n) is 7.01. The molecule has 1 N–H and O–H groups in total. The standard InChI is InChI=1S/C22H24Cl2N2O3/c1-2-15-5-3-4-6-20(15)29-14-21(27)26-11-9-17(10-12-26)25-22(28)16-7-8-18(23)19(24)13-16/h3-8,13,17H,2,9-12,14H2,1H3,(H,25,28). The fourth-order valence-electron chi connectivity index (χ4n) is 3.35. The van der Waals surface area contributed by atoms with Crippen molar-refractivity contribution in [3.63, 3.8) is 0 Å². The number of piperidine rings is 1. The lowest BCUT2D eigenvalue weighted by atomic mass is 10.0. The van der Waals surface area contributed by atoms with Gasteiger partial charge in [0, 0.05) is 24.7 Å². The monoisotopic (exact) mass is 434 g/mol. The normalized spacial score (nSPS) is 14.5. The van der Waals surface area contributed by atoms with E-state index in [1.807, 2.05) is 24.3 Å². The molecule has 2 aromatic rings. The summed E-state index contributed by atoms with van der Waals surface area (Å²) in [7, 11) is 0. The molecule has 0 saturated carbocycles. The Balaban J connectivity index is 1.46. The molecule has 1 aliphatic rings. The maximum Gasteiger partial charge on any atom is 0.260 e. The number of rotatable bonds is 6. The third-order valence-corrected chi connectivity index (χ3v) is 5.81. The van der Waals surface area contributed by atoms with E-state index in [1.165, 1.54) is 0 Å². The largest absolute Gasteiger partial charge is 0.483 e. The predicted molar refractivity (Wildman–Crippen MR) is 115 cm³/mol. The van der Waals surface area contributed by atoms with Gasteiger partial charge in [-0.1, -0.05) is 48.3 Å². The number of nitrogens with zero attached hydrogens (tertiary/aromatic N) is 1. The van der Waals surface area contributed by atoms with Crippen molar-refractivity contribution in [1.82, 2.24) is 10.2 Å². The molecule has 1 heterocycles. The number of nitrogens with one attached hydrogen (secondary N) is 1. The molecule has 0 aromatic heterocycles. The molecule has 1 aliphatic heterocycles. The highest BCUT2D eigenvalue weighted by molar-refractivity contribution is 6.42. The fraction of sp³-hybridized carbons (Fsp3) is 0.364. The third kappa shape index (κ3) is 5.64. The molecule has 1 fully saturated rings. The number of hydrogen-bond donors (Lipinski definition) is 1. The molecule has 0 atom stereocenters. The van der Waals surface area contributed by atoms with Gasteiger partial charge in [-0.2, -0.15) is 0 Å². The quantitative estimate of drug-likeness (QED) is 0.734. The van der Waals surface area contributed by atoms with E-state index in [0.717, 1.165) is 17.7 Å². The third-order valence-electron chi connectivity index (χ3n) is 5.07. The molecular formula is C22H24Cl2N2O3. The summed E-state index contributed by atoms with van der Waals surface area (Å²) in [4.78, 5) is 26.7. The predicted octanol–water partition coefficient (Wildman–Crippen LogP) is 4.36. The van der Waals surface area contributed by atoms with Gasteiger partial charge in [0.2, 0.25) is 0 Å². The van der Waals surface area contributed by atoms with Gasteiger partial charge in [0.05, 0.1) is 10.0 Å². The first kappa shape index (κ1) is 21.5. The topological polar surface area (TPSA) is 58.6 Å². The highest BCUT2D eigenvalue weighted by Crippen LogP contribution is 2.23. The van der Waals surface area contributed by atoms with E-state index in [0.29, 0.717) is 41.5 Å². The highest BCUT2D eigenvalue weighted by atomic mass is 35.5. The van der Waals surface area contributed by atoms with Crippen LogP contribution in [0.5, 0.6) is 5.75 Å². The number of ether oxygens (including phenoxy) is 1. The number of benzene rings is 2. The molecule has 29 heavy (non-hydrogen) atoms. The summed E-state index contributed by atoms with van der Waals surface area (Å²) in [5.41, 5.74) is 1.56. The minimum absolute atomic E-state index is 0.0164. The SMILES string of the molecule is CCc1ccccc1OCC(=O)N1CCC(NC(=O)c2ccc(Cl)c(Cl)c2)CC1. The Hall–Kier alpha value is -2.24. The van der Waals surface area contributed by atoms with E-state index in [9.17, 15) is 9.59 Å². The fourth-order valence-corrected chi connectivity index (χ4v) is 3.64.